The maximum Gasteiger partial charge on any atom is 0.325 e. The fourth-order valence-corrected chi connectivity index (χ4v) is 2.56. The third kappa shape index (κ3) is 1.61. The van der Waals surface area contributed by atoms with Gasteiger partial charge in [-0.05, 0) is 24.7 Å². The Morgan fingerprint density at radius 1 is 1.36 bits per heavy atom. The second kappa shape index (κ2) is 3.59. The number of rotatable bonds is 3. The van der Waals surface area contributed by atoms with Gasteiger partial charge in [-0.3, -0.25) is 9.59 Å². The molecular formula is C10H15NO3. The van der Waals surface area contributed by atoms with Gasteiger partial charge in [-0.1, -0.05) is 6.42 Å². The van der Waals surface area contributed by atoms with Crippen molar-refractivity contribution >= 4 is 11.9 Å². The van der Waals surface area contributed by atoms with Crippen LogP contribution >= 0.6 is 0 Å². The maximum absolute atomic E-state index is 11.5. The normalized spacial score (nSPS) is 33.4. The Morgan fingerprint density at radius 3 is 2.57 bits per heavy atom. The molecule has 0 aromatic rings. The van der Waals surface area contributed by atoms with E-state index in [-0.39, 0.29) is 24.3 Å². The molecule has 2 aliphatic carbocycles. The predicted octanol–water partition coefficient (Wildman–Crippen LogP) is 0.322. The third-order valence-corrected chi connectivity index (χ3v) is 3.34. The van der Waals surface area contributed by atoms with E-state index in [1.165, 1.54) is 26.4 Å². The predicted molar refractivity (Wildman–Crippen MR) is 49.3 cm³/mol. The van der Waals surface area contributed by atoms with Crippen LogP contribution in [-0.4, -0.2) is 25.5 Å². The van der Waals surface area contributed by atoms with Crippen molar-refractivity contribution in [2.75, 3.05) is 13.7 Å². The van der Waals surface area contributed by atoms with E-state index in [0.29, 0.717) is 11.8 Å². The molecule has 0 aromatic heterocycles. The van der Waals surface area contributed by atoms with Crippen molar-refractivity contribution in [3.63, 3.8) is 0 Å². The van der Waals surface area contributed by atoms with E-state index < -0.39 is 0 Å². The highest BCUT2D eigenvalue weighted by Crippen LogP contribution is 2.57. The van der Waals surface area contributed by atoms with Gasteiger partial charge in [0, 0.05) is 5.92 Å². The monoisotopic (exact) mass is 197 g/mol. The topological polar surface area (TPSA) is 55.4 Å². The lowest BCUT2D eigenvalue weighted by Gasteiger charge is -2.04. The molecule has 4 heteroatoms. The zero-order chi connectivity index (χ0) is 10.1. The van der Waals surface area contributed by atoms with E-state index in [2.05, 4.69) is 10.1 Å². The van der Waals surface area contributed by atoms with Crippen molar-refractivity contribution in [2.45, 2.75) is 19.3 Å². The zero-order valence-corrected chi connectivity index (χ0v) is 8.29. The van der Waals surface area contributed by atoms with Gasteiger partial charge in [0.2, 0.25) is 5.91 Å². The van der Waals surface area contributed by atoms with Crippen LogP contribution in [0.2, 0.25) is 0 Å². The molecule has 78 valence electrons. The number of nitrogens with one attached hydrogen (secondary N) is 1. The lowest BCUT2D eigenvalue weighted by Crippen LogP contribution is -2.32. The number of amides is 1. The molecule has 2 aliphatic rings. The molecular weight excluding hydrogens is 182 g/mol. The number of methoxy groups -OCH3 is 1. The van der Waals surface area contributed by atoms with Crippen LogP contribution in [0.1, 0.15) is 19.3 Å². The van der Waals surface area contributed by atoms with Crippen LogP contribution in [0.4, 0.5) is 0 Å². The first-order valence-corrected chi connectivity index (χ1v) is 5.08. The molecule has 1 N–H and O–H groups in total. The Labute approximate surface area is 83.0 Å². The molecule has 2 fully saturated rings. The van der Waals surface area contributed by atoms with Gasteiger partial charge in [0.05, 0.1) is 7.11 Å². The van der Waals surface area contributed by atoms with E-state index >= 15 is 0 Å². The molecule has 0 spiro atoms. The summed E-state index contributed by atoms with van der Waals surface area (Å²) in [6, 6.07) is 0. The fraction of sp³-hybridized carbons (Fsp3) is 0.800. The van der Waals surface area contributed by atoms with Crippen molar-refractivity contribution in [3.05, 3.63) is 0 Å². The van der Waals surface area contributed by atoms with E-state index in [1.54, 1.807) is 0 Å². The first-order valence-electron chi connectivity index (χ1n) is 5.08. The van der Waals surface area contributed by atoms with Crippen LogP contribution in [0.3, 0.4) is 0 Å². The van der Waals surface area contributed by atoms with E-state index in [0.717, 1.165) is 0 Å². The second-order valence-corrected chi connectivity index (χ2v) is 4.08. The Balaban J connectivity index is 1.72. The number of esters is 1. The largest absolute Gasteiger partial charge is 0.468 e. The molecule has 2 atom stereocenters. The van der Waals surface area contributed by atoms with Crippen LogP contribution in [0.5, 0.6) is 0 Å². The summed E-state index contributed by atoms with van der Waals surface area (Å²) in [5.74, 6) is 1.04. The van der Waals surface area contributed by atoms with Gasteiger partial charge < -0.3 is 10.1 Å². The molecule has 0 aliphatic heterocycles. The van der Waals surface area contributed by atoms with Gasteiger partial charge in [0.15, 0.2) is 0 Å². The maximum atomic E-state index is 11.5. The van der Waals surface area contributed by atoms with Crippen LogP contribution in [-0.2, 0) is 14.3 Å². The molecule has 2 rings (SSSR count). The number of hydrogen-bond donors (Lipinski definition) is 1. The summed E-state index contributed by atoms with van der Waals surface area (Å²) in [5, 5.41) is 2.61. The Kier molecular flexibility index (Phi) is 2.44. The first-order chi connectivity index (χ1) is 6.74. The Morgan fingerprint density at radius 2 is 2.00 bits per heavy atom. The third-order valence-electron chi connectivity index (χ3n) is 3.34. The number of ether oxygens (including phenoxy) is 1. The van der Waals surface area contributed by atoms with Gasteiger partial charge in [-0.2, -0.15) is 0 Å². The average Bonchev–Trinajstić information content (AvgIpc) is 2.68. The summed E-state index contributed by atoms with van der Waals surface area (Å²) in [5.41, 5.74) is 0. The zero-order valence-electron chi connectivity index (χ0n) is 8.29. The SMILES string of the molecule is COC(=O)CNC(=O)C1C2CCCC21. The minimum absolute atomic E-state index is 0.00523. The minimum Gasteiger partial charge on any atom is -0.468 e. The summed E-state index contributed by atoms with van der Waals surface area (Å²) < 4.78 is 4.44. The van der Waals surface area contributed by atoms with Gasteiger partial charge >= 0.3 is 5.97 Å². The van der Waals surface area contributed by atoms with Crippen LogP contribution < -0.4 is 5.32 Å². The molecule has 14 heavy (non-hydrogen) atoms. The minimum atomic E-state index is -0.385. The lowest BCUT2D eigenvalue weighted by molar-refractivity contribution is -0.141. The molecule has 0 heterocycles. The Bertz CT molecular complexity index is 254. The van der Waals surface area contributed by atoms with Crippen LogP contribution in [0.15, 0.2) is 0 Å². The highest BCUT2D eigenvalue weighted by atomic mass is 16.5. The summed E-state index contributed by atoms with van der Waals surface area (Å²) >= 11 is 0. The molecule has 0 aromatic carbocycles. The summed E-state index contributed by atoms with van der Waals surface area (Å²) in [6.45, 7) is 0.00523. The highest BCUT2D eigenvalue weighted by Gasteiger charge is 2.56. The summed E-state index contributed by atoms with van der Waals surface area (Å²) in [6.07, 6.45) is 3.62. The summed E-state index contributed by atoms with van der Waals surface area (Å²) in [7, 11) is 1.32. The summed E-state index contributed by atoms with van der Waals surface area (Å²) in [4.78, 5) is 22.3. The van der Waals surface area contributed by atoms with E-state index in [9.17, 15) is 9.59 Å². The fourth-order valence-electron chi connectivity index (χ4n) is 2.56. The molecule has 2 saturated carbocycles. The van der Waals surface area contributed by atoms with Gasteiger partial charge in [0.1, 0.15) is 6.54 Å². The number of hydrogen-bond acceptors (Lipinski definition) is 3. The average molecular weight is 197 g/mol. The highest BCUT2D eigenvalue weighted by molar-refractivity contribution is 5.86. The van der Waals surface area contributed by atoms with E-state index in [4.69, 9.17) is 0 Å². The molecule has 0 radical (unpaired) electrons. The van der Waals surface area contributed by atoms with Gasteiger partial charge in [0.25, 0.3) is 0 Å². The van der Waals surface area contributed by atoms with Gasteiger partial charge in [-0.15, -0.1) is 0 Å². The second-order valence-electron chi connectivity index (χ2n) is 4.08. The van der Waals surface area contributed by atoms with Crippen molar-refractivity contribution in [2.24, 2.45) is 17.8 Å². The lowest BCUT2D eigenvalue weighted by atomic mass is 10.1. The smallest absolute Gasteiger partial charge is 0.325 e. The molecule has 0 bridgehead atoms. The van der Waals surface area contributed by atoms with Crippen molar-refractivity contribution < 1.29 is 14.3 Å². The number of carbonyl (C=O) groups is 2. The first kappa shape index (κ1) is 9.49. The van der Waals surface area contributed by atoms with E-state index in [1.807, 2.05) is 0 Å². The van der Waals surface area contributed by atoms with Crippen LogP contribution in [0, 0.1) is 17.8 Å². The quantitative estimate of drug-likeness (QED) is 0.663. The van der Waals surface area contributed by atoms with Crippen LogP contribution in [0.25, 0.3) is 0 Å². The molecule has 2 unspecified atom stereocenters. The van der Waals surface area contributed by atoms with Crippen molar-refractivity contribution in [1.29, 1.82) is 0 Å². The standard InChI is InChI=1S/C10H15NO3/c1-14-8(12)5-11-10(13)9-6-3-2-4-7(6)9/h6-7,9H,2-5H2,1H3,(H,11,13). The number of carbonyl (C=O) groups excluding carboxylic acids is 2. The van der Waals surface area contributed by atoms with Crippen molar-refractivity contribution in [3.8, 4) is 0 Å². The Hall–Kier alpha value is -1.06. The molecule has 1 amide bonds. The van der Waals surface area contributed by atoms with Crippen molar-refractivity contribution in [1.82, 2.24) is 5.32 Å². The number of fused-ring (bicyclic) bond motifs is 1. The molecule has 4 nitrogen and oxygen atoms in total. The molecule has 0 saturated heterocycles. The van der Waals surface area contributed by atoms with Gasteiger partial charge in [-0.25, -0.2) is 0 Å².